The average molecular weight is 531 g/mol. The molecule has 0 aliphatic carbocycles. The van der Waals surface area contributed by atoms with Crippen molar-refractivity contribution in [3.63, 3.8) is 0 Å². The van der Waals surface area contributed by atoms with Crippen molar-refractivity contribution in [1.29, 1.82) is 0 Å². The number of anilines is 1. The highest BCUT2D eigenvalue weighted by atomic mass is 32.2. The number of fused-ring (bicyclic) bond motifs is 1. The molecular formula is C29H30N4O4S. The first-order chi connectivity index (χ1) is 18.0. The summed E-state index contributed by atoms with van der Waals surface area (Å²) in [5.74, 6) is -0.909. The van der Waals surface area contributed by atoms with E-state index in [-0.39, 0.29) is 17.0 Å². The second-order valence-corrected chi connectivity index (χ2v) is 11.6. The number of carbonyl (C=O) groups is 2. The number of aromatic nitrogens is 1. The van der Waals surface area contributed by atoms with Crippen LogP contribution in [-0.4, -0.2) is 36.8 Å². The standard InChI is InChI=1S/C29H30N4O4S/c1-29(2,3)33-38(36,37)26-17-10-13-21-22(26)14-9-16-23(21)31-28(35)25(19-20-11-5-4-6-12-20)32-27(34)24-15-7-8-18-30-24/h4-18,25,33H,19H2,1-3H3,(H,31,35)(H,32,34). The second kappa shape index (κ2) is 11.1. The Morgan fingerprint density at radius 2 is 1.53 bits per heavy atom. The molecule has 1 atom stereocenters. The summed E-state index contributed by atoms with van der Waals surface area (Å²) < 4.78 is 28.9. The molecule has 3 N–H and O–H groups in total. The quantitative estimate of drug-likeness (QED) is 0.314. The van der Waals surface area contributed by atoms with E-state index < -0.39 is 33.4 Å². The minimum Gasteiger partial charge on any atom is -0.339 e. The predicted octanol–water partition coefficient (Wildman–Crippen LogP) is 4.29. The van der Waals surface area contributed by atoms with Crippen LogP contribution in [0.2, 0.25) is 0 Å². The summed E-state index contributed by atoms with van der Waals surface area (Å²) in [6.45, 7) is 5.31. The highest BCUT2D eigenvalue weighted by Gasteiger charge is 2.26. The SMILES string of the molecule is CC(C)(C)NS(=O)(=O)c1cccc2c(NC(=O)C(Cc3ccccc3)NC(=O)c3ccccn3)cccc12. The summed E-state index contributed by atoms with van der Waals surface area (Å²) in [6.07, 6.45) is 1.77. The van der Waals surface area contributed by atoms with E-state index in [1.54, 1.807) is 69.3 Å². The van der Waals surface area contributed by atoms with E-state index in [9.17, 15) is 18.0 Å². The zero-order valence-corrected chi connectivity index (χ0v) is 22.2. The van der Waals surface area contributed by atoms with Gasteiger partial charge >= 0.3 is 0 Å². The van der Waals surface area contributed by atoms with Gasteiger partial charge in [0.15, 0.2) is 0 Å². The molecule has 1 heterocycles. The largest absolute Gasteiger partial charge is 0.339 e. The Balaban J connectivity index is 1.66. The topological polar surface area (TPSA) is 117 Å². The molecule has 38 heavy (non-hydrogen) atoms. The predicted molar refractivity (Wildman–Crippen MR) is 148 cm³/mol. The molecule has 8 nitrogen and oxygen atoms in total. The van der Waals surface area contributed by atoms with Crippen molar-refractivity contribution >= 4 is 38.3 Å². The van der Waals surface area contributed by atoms with E-state index in [2.05, 4.69) is 20.3 Å². The summed E-state index contributed by atoms with van der Waals surface area (Å²) in [5.41, 5.74) is 0.840. The van der Waals surface area contributed by atoms with Crippen molar-refractivity contribution in [2.24, 2.45) is 0 Å². The lowest BCUT2D eigenvalue weighted by atomic mass is 10.0. The Labute approximate surface area is 222 Å². The van der Waals surface area contributed by atoms with E-state index in [4.69, 9.17) is 0 Å². The van der Waals surface area contributed by atoms with E-state index in [1.807, 2.05) is 30.3 Å². The Morgan fingerprint density at radius 1 is 0.842 bits per heavy atom. The van der Waals surface area contributed by atoms with Crippen molar-refractivity contribution in [2.75, 3.05) is 5.32 Å². The molecular weight excluding hydrogens is 500 g/mol. The van der Waals surface area contributed by atoms with Crippen LogP contribution >= 0.6 is 0 Å². The lowest BCUT2D eigenvalue weighted by Crippen LogP contribution is -2.45. The van der Waals surface area contributed by atoms with Gasteiger partial charge in [-0.05, 0) is 50.6 Å². The van der Waals surface area contributed by atoms with Gasteiger partial charge in [-0.15, -0.1) is 0 Å². The van der Waals surface area contributed by atoms with Crippen LogP contribution in [0.3, 0.4) is 0 Å². The normalized spacial score (nSPS) is 12.6. The molecule has 0 saturated carbocycles. The average Bonchev–Trinajstić information content (AvgIpc) is 2.88. The molecule has 0 saturated heterocycles. The van der Waals surface area contributed by atoms with Crippen LogP contribution in [0.1, 0.15) is 36.8 Å². The van der Waals surface area contributed by atoms with Crippen molar-refractivity contribution in [3.05, 3.63) is 102 Å². The van der Waals surface area contributed by atoms with Crippen LogP contribution in [0.25, 0.3) is 10.8 Å². The minimum absolute atomic E-state index is 0.116. The molecule has 3 aromatic carbocycles. The Bertz CT molecular complexity index is 1550. The third-order valence-electron chi connectivity index (χ3n) is 5.67. The summed E-state index contributed by atoms with van der Waals surface area (Å²) in [4.78, 5) is 30.6. The summed E-state index contributed by atoms with van der Waals surface area (Å²) >= 11 is 0. The first-order valence-electron chi connectivity index (χ1n) is 12.2. The first kappa shape index (κ1) is 27.0. The summed E-state index contributed by atoms with van der Waals surface area (Å²) in [6, 6.07) is 23.5. The smallest absolute Gasteiger partial charge is 0.270 e. The van der Waals surface area contributed by atoms with Gasteiger partial charge in [0, 0.05) is 34.6 Å². The molecule has 0 aliphatic rings. The Morgan fingerprint density at radius 3 is 2.21 bits per heavy atom. The van der Waals surface area contributed by atoms with Crippen LogP contribution in [0, 0.1) is 0 Å². The lowest BCUT2D eigenvalue weighted by Gasteiger charge is -2.22. The molecule has 1 aromatic heterocycles. The molecule has 0 aliphatic heterocycles. The van der Waals surface area contributed by atoms with Crippen LogP contribution in [0.15, 0.2) is 96.0 Å². The Kier molecular flexibility index (Phi) is 7.89. The van der Waals surface area contributed by atoms with Gasteiger partial charge in [0.05, 0.1) is 4.90 Å². The van der Waals surface area contributed by atoms with Crippen molar-refractivity contribution < 1.29 is 18.0 Å². The monoisotopic (exact) mass is 530 g/mol. The number of hydrogen-bond donors (Lipinski definition) is 3. The molecule has 2 amide bonds. The Hall–Kier alpha value is -4.08. The molecule has 0 radical (unpaired) electrons. The van der Waals surface area contributed by atoms with Gasteiger partial charge in [0.1, 0.15) is 11.7 Å². The van der Waals surface area contributed by atoms with Crippen LogP contribution in [-0.2, 0) is 21.2 Å². The summed E-state index contributed by atoms with van der Waals surface area (Å²) in [7, 11) is -3.82. The number of pyridine rings is 1. The van der Waals surface area contributed by atoms with Gasteiger partial charge < -0.3 is 10.6 Å². The fraction of sp³-hybridized carbons (Fsp3) is 0.207. The van der Waals surface area contributed by atoms with Gasteiger partial charge in [-0.2, -0.15) is 0 Å². The third kappa shape index (κ3) is 6.62. The van der Waals surface area contributed by atoms with Gasteiger partial charge in [-0.25, -0.2) is 13.1 Å². The van der Waals surface area contributed by atoms with Gasteiger partial charge in [0.2, 0.25) is 15.9 Å². The van der Waals surface area contributed by atoms with Gasteiger partial charge in [-0.1, -0.05) is 60.7 Å². The number of benzene rings is 3. The van der Waals surface area contributed by atoms with E-state index in [0.717, 1.165) is 5.56 Å². The van der Waals surface area contributed by atoms with Crippen molar-refractivity contribution in [1.82, 2.24) is 15.0 Å². The molecule has 4 rings (SSSR count). The maximum Gasteiger partial charge on any atom is 0.270 e. The highest BCUT2D eigenvalue weighted by molar-refractivity contribution is 7.89. The number of hydrogen-bond acceptors (Lipinski definition) is 5. The van der Waals surface area contributed by atoms with Crippen LogP contribution < -0.4 is 15.4 Å². The van der Waals surface area contributed by atoms with Gasteiger partial charge in [0.25, 0.3) is 5.91 Å². The summed E-state index contributed by atoms with van der Waals surface area (Å²) in [5, 5.41) is 6.73. The maximum atomic E-state index is 13.5. The number of rotatable bonds is 8. The molecule has 9 heteroatoms. The number of carbonyl (C=O) groups excluding carboxylic acids is 2. The number of sulfonamides is 1. The second-order valence-electron chi connectivity index (χ2n) is 9.93. The van der Waals surface area contributed by atoms with E-state index in [1.165, 1.54) is 12.3 Å². The number of nitrogens with one attached hydrogen (secondary N) is 3. The molecule has 1 unspecified atom stereocenters. The zero-order chi connectivity index (χ0) is 27.3. The number of amides is 2. The molecule has 0 fully saturated rings. The molecule has 0 spiro atoms. The van der Waals surface area contributed by atoms with Crippen molar-refractivity contribution in [3.8, 4) is 0 Å². The fourth-order valence-electron chi connectivity index (χ4n) is 4.09. The van der Waals surface area contributed by atoms with Crippen molar-refractivity contribution in [2.45, 2.75) is 43.7 Å². The minimum atomic E-state index is -3.82. The lowest BCUT2D eigenvalue weighted by molar-refractivity contribution is -0.118. The first-order valence-corrected chi connectivity index (χ1v) is 13.6. The molecule has 4 aromatic rings. The number of nitrogens with zero attached hydrogens (tertiary/aromatic N) is 1. The fourth-order valence-corrected chi connectivity index (χ4v) is 5.73. The van der Waals surface area contributed by atoms with Crippen LogP contribution in [0.4, 0.5) is 5.69 Å². The molecule has 196 valence electrons. The zero-order valence-electron chi connectivity index (χ0n) is 21.4. The maximum absolute atomic E-state index is 13.5. The van der Waals surface area contributed by atoms with Gasteiger partial charge in [-0.3, -0.25) is 14.6 Å². The van der Waals surface area contributed by atoms with E-state index >= 15 is 0 Å². The highest BCUT2D eigenvalue weighted by Crippen LogP contribution is 2.29. The van der Waals surface area contributed by atoms with E-state index in [0.29, 0.717) is 16.5 Å². The molecule has 0 bridgehead atoms. The van der Waals surface area contributed by atoms with Crippen LogP contribution in [0.5, 0.6) is 0 Å². The third-order valence-corrected chi connectivity index (χ3v) is 7.49.